The quantitative estimate of drug-likeness (QED) is 0.186. The van der Waals surface area contributed by atoms with Crippen LogP contribution in [0.25, 0.3) is 33.5 Å². The van der Waals surface area contributed by atoms with Crippen molar-refractivity contribution >= 4 is 38.6 Å². The van der Waals surface area contributed by atoms with Gasteiger partial charge in [0.05, 0.1) is 29.7 Å². The Morgan fingerprint density at radius 1 is 0.906 bits per heavy atom. The van der Waals surface area contributed by atoms with Crippen molar-refractivity contribution in [3.63, 3.8) is 0 Å². The van der Waals surface area contributed by atoms with Crippen LogP contribution in [0.4, 0.5) is 14.6 Å². The first-order valence-corrected chi connectivity index (χ1v) is 19.1. The number of hydrogen-bond acceptors (Lipinski definition) is 8. The number of amides is 1. The average Bonchev–Trinajstić information content (AvgIpc) is 3.56. The number of nitrogens with one attached hydrogen (secondary N) is 1. The Balaban J connectivity index is 1.27. The Kier molecular flexibility index (Phi) is 8.97. The molecule has 274 valence electrons. The first-order chi connectivity index (χ1) is 25.5. The highest BCUT2D eigenvalue weighted by atomic mass is 32.2. The molecule has 3 heterocycles. The van der Waals surface area contributed by atoms with Gasteiger partial charge in [-0.25, -0.2) is 31.1 Å². The lowest BCUT2D eigenvalue weighted by Gasteiger charge is -2.47. The monoisotopic (exact) mass is 741 g/mol. The van der Waals surface area contributed by atoms with Crippen LogP contribution in [-0.4, -0.2) is 76.6 Å². The number of aryl methyl sites for hydroxylation is 1. The van der Waals surface area contributed by atoms with Crippen LogP contribution in [0, 0.1) is 36.3 Å². The van der Waals surface area contributed by atoms with Gasteiger partial charge in [0, 0.05) is 59.5 Å². The summed E-state index contributed by atoms with van der Waals surface area (Å²) in [5.74, 6) is -3.30. The number of carboxylic acid groups (broad SMARTS) is 1. The van der Waals surface area contributed by atoms with Crippen LogP contribution in [0.2, 0.25) is 0 Å². The van der Waals surface area contributed by atoms with Gasteiger partial charge in [-0.15, -0.1) is 0 Å². The molecule has 3 aliphatic carbocycles. The number of carboxylic acids is 1. The van der Waals surface area contributed by atoms with Gasteiger partial charge in [0.25, 0.3) is 15.9 Å². The molecule has 1 amide bonds. The van der Waals surface area contributed by atoms with E-state index in [1.54, 1.807) is 47.4 Å². The maximum Gasteiger partial charge on any atom is 0.308 e. The molecule has 5 aromatic rings. The molecule has 14 heteroatoms. The number of aromatic nitrogens is 3. The zero-order chi connectivity index (χ0) is 37.0. The molecule has 9 rings (SSSR count). The summed E-state index contributed by atoms with van der Waals surface area (Å²) in [6.45, 7) is 3.71. The molecule has 1 aliphatic heterocycles. The predicted octanol–water partition coefficient (Wildman–Crippen LogP) is 6.36. The Bertz CT molecular complexity index is 2340. The maximum absolute atomic E-state index is 15.6. The highest BCUT2D eigenvalue weighted by molar-refractivity contribution is 7.90. The van der Waals surface area contributed by atoms with Crippen LogP contribution in [0.15, 0.2) is 77.8 Å². The molecule has 2 aromatic heterocycles. The lowest BCUT2D eigenvalue weighted by atomic mass is 9.61. The van der Waals surface area contributed by atoms with Crippen LogP contribution < -0.4 is 5.32 Å². The zero-order valence-corrected chi connectivity index (χ0v) is 29.7. The Morgan fingerprint density at radius 3 is 2.26 bits per heavy atom. The Labute approximate surface area is 304 Å². The fourth-order valence-electron chi connectivity index (χ4n) is 8.14. The van der Waals surface area contributed by atoms with E-state index in [0.29, 0.717) is 49.2 Å². The van der Waals surface area contributed by atoms with Crippen molar-refractivity contribution < 1.29 is 36.6 Å². The van der Waals surface area contributed by atoms with Crippen LogP contribution in [0.1, 0.15) is 41.6 Å². The number of halogens is 2. The summed E-state index contributed by atoms with van der Waals surface area (Å²) in [6.07, 6.45) is 4.61. The number of ether oxygens (including phenoxy) is 1. The van der Waals surface area contributed by atoms with E-state index in [-0.39, 0.29) is 50.7 Å². The molecule has 2 atom stereocenters. The largest absolute Gasteiger partial charge is 0.481 e. The number of fused-ring (bicyclic) bond motifs is 4. The number of carbonyl (C=O) groups is 2. The molecule has 11 nitrogen and oxygen atoms in total. The van der Waals surface area contributed by atoms with Gasteiger partial charge in [-0.2, -0.15) is 0 Å². The van der Waals surface area contributed by atoms with Crippen molar-refractivity contribution in [2.45, 2.75) is 43.5 Å². The van der Waals surface area contributed by atoms with Gasteiger partial charge in [0.1, 0.15) is 17.2 Å². The molecule has 2 N–H and O–H groups in total. The number of carbonyl (C=O) groups excluding carboxylic acids is 1. The minimum Gasteiger partial charge on any atom is -0.481 e. The van der Waals surface area contributed by atoms with Crippen molar-refractivity contribution in [2.75, 3.05) is 31.6 Å². The highest BCUT2D eigenvalue weighted by Crippen LogP contribution is 2.46. The third-order valence-corrected chi connectivity index (χ3v) is 12.5. The molecule has 53 heavy (non-hydrogen) atoms. The van der Waals surface area contributed by atoms with Crippen molar-refractivity contribution in [3.8, 4) is 22.6 Å². The second-order valence-electron chi connectivity index (χ2n) is 14.1. The van der Waals surface area contributed by atoms with E-state index in [2.05, 4.69) is 5.32 Å². The van der Waals surface area contributed by atoms with Gasteiger partial charge in [0.15, 0.2) is 11.6 Å². The van der Waals surface area contributed by atoms with E-state index in [9.17, 15) is 27.5 Å². The number of aliphatic carboxylic acids is 1. The molecule has 0 spiro atoms. The molecular formula is C39H37F2N5O6S. The average molecular weight is 742 g/mol. The first-order valence-electron chi connectivity index (χ1n) is 17.7. The normalized spacial score (nSPS) is 21.5. The van der Waals surface area contributed by atoms with Gasteiger partial charge in [0.2, 0.25) is 0 Å². The van der Waals surface area contributed by atoms with Crippen LogP contribution >= 0.6 is 0 Å². The Hall–Kier alpha value is -5.21. The number of hydrogen-bond donors (Lipinski definition) is 2. The van der Waals surface area contributed by atoms with E-state index >= 15 is 4.39 Å². The standard InChI is InChI=1S/C39H37F2N5O6S/c1-22-2-12-28(13-3-22)53(50,51)46-21-30(29-18-27(40)19-31(41)36(29)46)37-42-32(23-4-10-26(11-5-23)38(47)45-14-16-52-17-15-45)20-33(44-37)43-35-25-8-6-24(7-9-25)34(35)39(48)49/h2-5,10-13,18-21,24-25,34-35H,6-9,14-17H2,1H3,(H,48,49)(H,42,43,44). The number of nitrogens with zero attached hydrogens (tertiary/aromatic N) is 4. The SMILES string of the molecule is Cc1ccc(S(=O)(=O)n2cc(-c3nc(NC4C5CCC(CC5)C4C(=O)O)cc(-c4ccc(C(=O)N5CCOCC5)cc4)n3)c3cc(F)cc(F)c32)cc1. The molecule has 2 unspecified atom stereocenters. The van der Waals surface area contributed by atoms with Gasteiger partial charge < -0.3 is 20.1 Å². The first kappa shape index (κ1) is 34.9. The lowest BCUT2D eigenvalue weighted by Crippen LogP contribution is -2.51. The second-order valence-corrected chi connectivity index (χ2v) is 15.9. The minimum absolute atomic E-state index is 0.0169. The predicted molar refractivity (Wildman–Crippen MR) is 193 cm³/mol. The van der Waals surface area contributed by atoms with Gasteiger partial charge in [-0.05, 0) is 74.8 Å². The van der Waals surface area contributed by atoms with Crippen molar-refractivity contribution in [1.29, 1.82) is 0 Å². The minimum atomic E-state index is -4.37. The van der Waals surface area contributed by atoms with Gasteiger partial charge in [-0.3, -0.25) is 9.59 Å². The summed E-state index contributed by atoms with van der Waals surface area (Å²) in [5.41, 5.74) is 1.94. The topological polar surface area (TPSA) is 144 Å². The highest BCUT2D eigenvalue weighted by Gasteiger charge is 2.47. The van der Waals surface area contributed by atoms with Crippen LogP contribution in [0.5, 0.6) is 0 Å². The zero-order valence-electron chi connectivity index (χ0n) is 28.8. The summed E-state index contributed by atoms with van der Waals surface area (Å²) in [5, 5.41) is 13.6. The molecule has 0 radical (unpaired) electrons. The van der Waals surface area contributed by atoms with Crippen LogP contribution in [-0.2, 0) is 19.6 Å². The maximum atomic E-state index is 15.6. The summed E-state index contributed by atoms with van der Waals surface area (Å²) in [6, 6.07) is 15.8. The van der Waals surface area contributed by atoms with E-state index in [1.807, 2.05) is 6.92 Å². The van der Waals surface area contributed by atoms with E-state index < -0.39 is 39.6 Å². The van der Waals surface area contributed by atoms with Crippen LogP contribution in [0.3, 0.4) is 0 Å². The van der Waals surface area contributed by atoms with Gasteiger partial charge in [-0.1, -0.05) is 29.8 Å². The summed E-state index contributed by atoms with van der Waals surface area (Å²) >= 11 is 0. The summed E-state index contributed by atoms with van der Waals surface area (Å²) in [4.78, 5) is 36.9. The lowest BCUT2D eigenvalue weighted by molar-refractivity contribution is -0.148. The number of anilines is 1. The molecule has 1 saturated heterocycles. The van der Waals surface area contributed by atoms with Crippen molar-refractivity contribution in [3.05, 3.63) is 95.7 Å². The second kappa shape index (κ2) is 13.6. The third kappa shape index (κ3) is 6.43. The van der Waals surface area contributed by atoms with E-state index in [4.69, 9.17) is 14.7 Å². The molecule has 3 saturated carbocycles. The number of benzene rings is 3. The van der Waals surface area contributed by atoms with Crippen molar-refractivity contribution in [2.24, 2.45) is 17.8 Å². The number of rotatable bonds is 8. The Morgan fingerprint density at radius 2 is 1.58 bits per heavy atom. The van der Waals surface area contributed by atoms with E-state index in [0.717, 1.165) is 41.3 Å². The molecule has 3 aromatic carbocycles. The molecule has 4 fully saturated rings. The fourth-order valence-corrected chi connectivity index (χ4v) is 9.52. The number of morpholine rings is 1. The fraction of sp³-hybridized carbons (Fsp3) is 0.333. The summed E-state index contributed by atoms with van der Waals surface area (Å²) in [7, 11) is -4.37. The summed E-state index contributed by atoms with van der Waals surface area (Å²) < 4.78 is 64.7. The third-order valence-electron chi connectivity index (χ3n) is 10.9. The van der Waals surface area contributed by atoms with Gasteiger partial charge >= 0.3 is 5.97 Å². The molecular weight excluding hydrogens is 705 g/mol. The molecule has 4 aliphatic rings. The van der Waals surface area contributed by atoms with E-state index in [1.165, 1.54) is 18.3 Å². The van der Waals surface area contributed by atoms with Crippen molar-refractivity contribution in [1.82, 2.24) is 18.8 Å². The molecule has 2 bridgehead atoms. The smallest absolute Gasteiger partial charge is 0.308 e.